The molecule has 1 heterocycles. The van der Waals surface area contributed by atoms with Crippen molar-refractivity contribution < 1.29 is 27.9 Å². The molecule has 1 aliphatic rings. The Labute approximate surface area is 146 Å². The number of carboxylic acid groups (broad SMARTS) is 1. The summed E-state index contributed by atoms with van der Waals surface area (Å²) in [5.41, 5.74) is -0.963. The van der Waals surface area contributed by atoms with Crippen LogP contribution in [0.25, 0.3) is 0 Å². The van der Waals surface area contributed by atoms with E-state index in [0.29, 0.717) is 19.4 Å². The number of hydrogen-bond donors (Lipinski definition) is 3. The number of aromatic nitrogens is 1. The molecule has 7 nitrogen and oxygen atoms in total. The maximum absolute atomic E-state index is 12.4. The molecule has 0 radical (unpaired) electrons. The fourth-order valence-electron chi connectivity index (χ4n) is 2.59. The third-order valence-electron chi connectivity index (χ3n) is 3.95. The van der Waals surface area contributed by atoms with E-state index in [2.05, 4.69) is 15.6 Å². The molecule has 0 saturated heterocycles. The van der Waals surface area contributed by atoms with Gasteiger partial charge in [0.05, 0.1) is 13.1 Å². The summed E-state index contributed by atoms with van der Waals surface area (Å²) in [5, 5.41) is 15.1. The second-order valence-electron chi connectivity index (χ2n) is 5.73. The van der Waals surface area contributed by atoms with E-state index in [9.17, 15) is 22.8 Å². The maximum Gasteiger partial charge on any atom is 0.434 e. The normalized spacial score (nSPS) is 20.2. The highest BCUT2D eigenvalue weighted by Gasteiger charge is 2.35. The van der Waals surface area contributed by atoms with Crippen LogP contribution in [0.1, 0.15) is 30.5 Å². The largest absolute Gasteiger partial charge is 0.480 e. The average molecular weight is 380 g/mol. The van der Waals surface area contributed by atoms with Gasteiger partial charge in [-0.3, -0.25) is 9.69 Å². The van der Waals surface area contributed by atoms with Gasteiger partial charge in [0.25, 0.3) is 0 Å². The number of amides is 2. The van der Waals surface area contributed by atoms with Crippen LogP contribution in [0.2, 0.25) is 0 Å². The first-order valence-electron chi connectivity index (χ1n) is 7.70. The number of carboxylic acids is 1. The number of nitrogens with zero attached hydrogens (tertiary/aromatic N) is 2. The molecule has 0 spiro atoms. The molecule has 1 aromatic rings. The van der Waals surface area contributed by atoms with Crippen LogP contribution < -0.4 is 10.6 Å². The Balaban J connectivity index is 1.70. The minimum atomic E-state index is -4.49. The Hall–Kier alpha value is -1.88. The molecule has 2 amide bonds. The van der Waals surface area contributed by atoms with Gasteiger partial charge in [0.2, 0.25) is 0 Å². The van der Waals surface area contributed by atoms with E-state index in [0.717, 1.165) is 16.7 Å². The second-order valence-corrected chi connectivity index (χ2v) is 6.67. The number of hydrogen-bond acceptors (Lipinski definition) is 5. The number of halogens is 3. The number of alkyl halides is 3. The van der Waals surface area contributed by atoms with Gasteiger partial charge in [0.15, 0.2) is 5.69 Å². The van der Waals surface area contributed by atoms with Crippen molar-refractivity contribution in [1.29, 1.82) is 0 Å². The number of carbonyl (C=O) groups excluding carboxylic acids is 1. The van der Waals surface area contributed by atoms with Gasteiger partial charge in [-0.15, -0.1) is 11.3 Å². The van der Waals surface area contributed by atoms with Crippen molar-refractivity contribution in [1.82, 2.24) is 20.5 Å². The van der Waals surface area contributed by atoms with Gasteiger partial charge in [-0.05, 0) is 19.4 Å². The van der Waals surface area contributed by atoms with E-state index in [-0.39, 0.29) is 30.2 Å². The molecule has 140 valence electrons. The van der Waals surface area contributed by atoms with Crippen LogP contribution in [0.4, 0.5) is 18.0 Å². The summed E-state index contributed by atoms with van der Waals surface area (Å²) in [7, 11) is 0. The molecule has 0 atom stereocenters. The molecule has 0 unspecified atom stereocenters. The van der Waals surface area contributed by atoms with Gasteiger partial charge in [-0.2, -0.15) is 13.2 Å². The fraction of sp³-hybridized carbons (Fsp3) is 0.643. The van der Waals surface area contributed by atoms with Crippen molar-refractivity contribution in [2.75, 3.05) is 13.1 Å². The van der Waals surface area contributed by atoms with Crippen molar-refractivity contribution in [2.45, 2.75) is 44.6 Å². The number of likely N-dealkylation sites (N-methyl/N-ethyl adjacent to an activating group) is 1. The van der Waals surface area contributed by atoms with Crippen LogP contribution >= 0.6 is 11.3 Å². The number of urea groups is 1. The standard InChI is InChI=1S/C14H19F3N4O3S/c1-2-21(6-12(22)23)9-3-8(4-9)19-13(24)18-5-11-20-10(7-25-11)14(15,16)17/h7-9H,2-6H2,1H3,(H,22,23)(H2,18,19,24). The Morgan fingerprint density at radius 2 is 2.12 bits per heavy atom. The fourth-order valence-corrected chi connectivity index (χ4v) is 3.33. The quantitative estimate of drug-likeness (QED) is 0.672. The van der Waals surface area contributed by atoms with E-state index < -0.39 is 23.9 Å². The molecule has 1 saturated carbocycles. The number of rotatable bonds is 7. The summed E-state index contributed by atoms with van der Waals surface area (Å²) in [5.74, 6) is -0.891. The van der Waals surface area contributed by atoms with Gasteiger partial charge in [-0.1, -0.05) is 6.92 Å². The first-order valence-corrected chi connectivity index (χ1v) is 8.58. The lowest BCUT2D eigenvalue weighted by Gasteiger charge is -2.42. The van der Waals surface area contributed by atoms with Gasteiger partial charge >= 0.3 is 18.2 Å². The first kappa shape index (κ1) is 19.4. The highest BCUT2D eigenvalue weighted by atomic mass is 32.1. The summed E-state index contributed by atoms with van der Waals surface area (Å²) in [6.45, 7) is 2.37. The number of aliphatic carboxylic acids is 1. The molecule has 25 heavy (non-hydrogen) atoms. The highest BCUT2D eigenvalue weighted by Crippen LogP contribution is 2.30. The van der Waals surface area contributed by atoms with Crippen LogP contribution in [0.5, 0.6) is 0 Å². The Kier molecular flexibility index (Phi) is 6.22. The molecule has 0 bridgehead atoms. The van der Waals surface area contributed by atoms with E-state index in [4.69, 9.17) is 5.11 Å². The van der Waals surface area contributed by atoms with Crippen LogP contribution in [-0.4, -0.2) is 52.2 Å². The molecular weight excluding hydrogens is 361 g/mol. The second kappa shape index (κ2) is 8.00. The zero-order valence-electron chi connectivity index (χ0n) is 13.5. The predicted molar refractivity (Wildman–Crippen MR) is 84.2 cm³/mol. The summed E-state index contributed by atoms with van der Waals surface area (Å²) < 4.78 is 37.3. The summed E-state index contributed by atoms with van der Waals surface area (Å²) in [6.07, 6.45) is -3.20. The Morgan fingerprint density at radius 3 is 2.64 bits per heavy atom. The van der Waals surface area contributed by atoms with Gasteiger partial charge in [0.1, 0.15) is 5.01 Å². The molecule has 1 aliphatic carbocycles. The lowest BCUT2D eigenvalue weighted by molar-refractivity contribution is -0.141. The van der Waals surface area contributed by atoms with Crippen molar-refractivity contribution in [2.24, 2.45) is 0 Å². The number of carbonyl (C=O) groups is 2. The van der Waals surface area contributed by atoms with E-state index >= 15 is 0 Å². The van der Waals surface area contributed by atoms with Crippen LogP contribution in [0.3, 0.4) is 0 Å². The minimum Gasteiger partial charge on any atom is -0.480 e. The monoisotopic (exact) mass is 380 g/mol. The molecule has 0 aliphatic heterocycles. The van der Waals surface area contributed by atoms with E-state index in [1.165, 1.54) is 0 Å². The van der Waals surface area contributed by atoms with Crippen molar-refractivity contribution in [3.8, 4) is 0 Å². The van der Waals surface area contributed by atoms with Crippen molar-refractivity contribution >= 4 is 23.3 Å². The van der Waals surface area contributed by atoms with Gasteiger partial charge in [-0.25, -0.2) is 9.78 Å². The Morgan fingerprint density at radius 1 is 1.44 bits per heavy atom. The van der Waals surface area contributed by atoms with Crippen LogP contribution in [-0.2, 0) is 17.5 Å². The van der Waals surface area contributed by atoms with Crippen molar-refractivity contribution in [3.05, 3.63) is 16.1 Å². The summed E-state index contributed by atoms with van der Waals surface area (Å²) in [4.78, 5) is 27.8. The number of nitrogens with one attached hydrogen (secondary N) is 2. The zero-order chi connectivity index (χ0) is 18.6. The lowest BCUT2D eigenvalue weighted by Crippen LogP contribution is -2.56. The maximum atomic E-state index is 12.4. The zero-order valence-corrected chi connectivity index (χ0v) is 14.3. The smallest absolute Gasteiger partial charge is 0.434 e. The summed E-state index contributed by atoms with van der Waals surface area (Å²) >= 11 is 0.834. The minimum absolute atomic E-state index is 0.0360. The van der Waals surface area contributed by atoms with Gasteiger partial charge in [0, 0.05) is 17.5 Å². The predicted octanol–water partition coefficient (Wildman–Crippen LogP) is 1.90. The average Bonchev–Trinajstić information content (AvgIpc) is 2.95. The van der Waals surface area contributed by atoms with E-state index in [1.807, 2.05) is 11.8 Å². The molecule has 3 N–H and O–H groups in total. The molecule has 11 heteroatoms. The molecule has 2 rings (SSSR count). The third-order valence-corrected chi connectivity index (χ3v) is 4.80. The molecular formula is C14H19F3N4O3S. The van der Waals surface area contributed by atoms with Crippen LogP contribution in [0.15, 0.2) is 5.38 Å². The SMILES string of the molecule is CCN(CC(=O)O)C1CC(NC(=O)NCc2nc(C(F)(F)F)cs2)C1. The summed E-state index contributed by atoms with van der Waals surface area (Å²) in [6, 6.07) is -0.442. The topological polar surface area (TPSA) is 94.6 Å². The first-order chi connectivity index (χ1) is 11.7. The molecule has 0 aromatic carbocycles. The third kappa shape index (κ3) is 5.56. The molecule has 1 fully saturated rings. The van der Waals surface area contributed by atoms with Crippen LogP contribution in [0, 0.1) is 0 Å². The van der Waals surface area contributed by atoms with Crippen molar-refractivity contribution in [3.63, 3.8) is 0 Å². The number of thiazole rings is 1. The van der Waals surface area contributed by atoms with Gasteiger partial charge < -0.3 is 15.7 Å². The van der Waals surface area contributed by atoms with E-state index in [1.54, 1.807) is 0 Å². The lowest BCUT2D eigenvalue weighted by atomic mass is 9.85. The highest BCUT2D eigenvalue weighted by molar-refractivity contribution is 7.09. The Bertz CT molecular complexity index is 617. The molecule has 1 aromatic heterocycles.